The second kappa shape index (κ2) is 49.5. The average molecular weight is 1720 g/mol. The Kier molecular flexibility index (Phi) is 39.2. The third-order valence-corrected chi connectivity index (χ3v) is 17.2. The number of amides is 9. The summed E-state index contributed by atoms with van der Waals surface area (Å²) in [6, 6.07) is 15.5. The van der Waals surface area contributed by atoms with Gasteiger partial charge in [-0.1, -0.05) is 50.2 Å². The number of nitrogen functional groups attached to an aromatic ring is 1. The lowest BCUT2D eigenvalue weighted by Crippen LogP contribution is -2.43. The van der Waals surface area contributed by atoms with Crippen molar-refractivity contribution in [3.05, 3.63) is 60.2 Å². The van der Waals surface area contributed by atoms with Gasteiger partial charge in [0.25, 0.3) is 53.2 Å². The number of nitrogens with one attached hydrogen (secondary N) is 1. The zero-order chi connectivity index (χ0) is 89.7. The number of ether oxygens (including phenoxy) is 12. The Morgan fingerprint density at radius 2 is 0.705 bits per heavy atom. The number of anilines is 2. The van der Waals surface area contributed by atoms with Crippen LogP contribution >= 0.6 is 0 Å². The number of pyridine rings is 2. The van der Waals surface area contributed by atoms with Crippen LogP contribution in [0.25, 0.3) is 43.9 Å². The van der Waals surface area contributed by atoms with E-state index in [1.54, 1.807) is 34.6 Å². The molecule has 10 rings (SSSR count). The predicted octanol–water partition coefficient (Wildman–Crippen LogP) is 2.92. The minimum atomic E-state index is -1.18. The molecule has 0 bridgehead atoms. The van der Waals surface area contributed by atoms with Crippen LogP contribution in [0.4, 0.5) is 11.6 Å². The molecule has 0 saturated carbocycles. The molecule has 9 amide bonds. The number of imidazole rings is 2. The third-order valence-electron chi connectivity index (χ3n) is 17.2. The highest BCUT2D eigenvalue weighted by Gasteiger charge is 2.38. The Bertz CT molecular complexity index is 4290. The third kappa shape index (κ3) is 30.7. The summed E-state index contributed by atoms with van der Waals surface area (Å²) in [6.07, 6.45) is -0.728. The number of rotatable bonds is 49. The summed E-state index contributed by atoms with van der Waals surface area (Å²) < 4.78 is 76.2. The number of carbonyl (C=O) groups is 13. The molecule has 4 aliphatic rings. The fourth-order valence-corrected chi connectivity index (χ4v) is 11.8. The number of aromatic nitrogens is 6. The molecule has 43 nitrogen and oxygen atoms in total. The van der Waals surface area contributed by atoms with Crippen molar-refractivity contribution < 1.29 is 150 Å². The van der Waals surface area contributed by atoms with E-state index < -0.39 is 114 Å². The molecule has 5 N–H and O–H groups in total. The van der Waals surface area contributed by atoms with E-state index in [9.17, 15) is 72.5 Å². The number of imide groups is 4. The molecule has 0 unspecified atom stereocenters. The molecule has 43 heteroatoms. The Labute approximate surface area is 702 Å². The van der Waals surface area contributed by atoms with Crippen LogP contribution in [0, 0.1) is 5.41 Å². The lowest BCUT2D eigenvalue weighted by molar-refractivity contribution is -0.201. The summed E-state index contributed by atoms with van der Waals surface area (Å²) in [4.78, 5) is 192. The molecule has 2 aromatic carbocycles. The fourth-order valence-electron chi connectivity index (χ4n) is 11.8. The van der Waals surface area contributed by atoms with Crippen LogP contribution in [0.5, 0.6) is 0 Å². The van der Waals surface area contributed by atoms with Crippen LogP contribution in [0.3, 0.4) is 0 Å². The highest BCUT2D eigenvalue weighted by molar-refractivity contribution is 6.10. The van der Waals surface area contributed by atoms with Crippen LogP contribution in [0.2, 0.25) is 0 Å². The Morgan fingerprint density at radius 1 is 0.418 bits per heavy atom. The SMILES string of the molecule is CCOCCOCC(=O)Nc1nc2ccccc2c2c1nc(COCC)n2CC(C)(C)O.CCOCc1nc2c(N)nc3ccccc3c2n1CC(C)(C)O.O=C(COCCOCC(COCCOCC(=O)ON1C(=O)CCC1=O)(COCCOCC(=O)ON1C(=O)CCC1=O)COCCOCC(=O)ON1C(=O)CCC1=O)ON1C(=O)CCC1=O.[2H]CC. The van der Waals surface area contributed by atoms with E-state index in [0.29, 0.717) is 114 Å². The van der Waals surface area contributed by atoms with Gasteiger partial charge in [-0.2, -0.15) is 0 Å². The molecule has 4 aliphatic heterocycles. The van der Waals surface area contributed by atoms with Gasteiger partial charge in [0.05, 0.1) is 144 Å². The lowest BCUT2D eigenvalue weighted by atomic mass is 9.92. The first-order valence-corrected chi connectivity index (χ1v) is 39.4. The van der Waals surface area contributed by atoms with Crippen molar-refractivity contribution in [2.24, 2.45) is 5.41 Å². The molecule has 6 aromatic rings. The van der Waals surface area contributed by atoms with E-state index in [1.165, 1.54) is 0 Å². The molecule has 4 saturated heterocycles. The quantitative estimate of drug-likeness (QED) is 0.0315. The van der Waals surface area contributed by atoms with Gasteiger partial charge in [-0.3, -0.25) is 43.2 Å². The highest BCUT2D eigenvalue weighted by Crippen LogP contribution is 2.34. The molecule has 4 aromatic heterocycles. The number of nitrogens with two attached hydrogens (primary N) is 1. The zero-order valence-corrected chi connectivity index (χ0v) is 69.7. The largest absolute Gasteiger partial charge is 0.389 e. The topological polar surface area (TPSA) is 522 Å². The zero-order valence-electron chi connectivity index (χ0n) is 70.7. The van der Waals surface area contributed by atoms with Gasteiger partial charge in [-0.05, 0) is 60.6 Å². The molecule has 0 spiro atoms. The summed E-state index contributed by atoms with van der Waals surface area (Å²) in [5, 5.41) is 27.0. The Balaban J connectivity index is 0.000000292. The molecular formula is C79H108N12O31. The highest BCUT2D eigenvalue weighted by atomic mass is 16.8. The number of aliphatic hydroxyl groups is 2. The predicted molar refractivity (Wildman–Crippen MR) is 423 cm³/mol. The number of benzene rings is 2. The standard InChI is InChI=1S/C37H48N4O24.C23H32N4O5.C17H22N4O2.C2H6/c42-25-1-2-26(43)38(25)62-33(50)17-54-9-13-58-21-37(22-59-14-10-55-18-34(51)63-39-27(44)3-4-28(39)45,23-60-15-11-56-19-35(52)64-40-29(46)5-6-30(40)47)24-61-16-12-57-20-36(53)65-41-31(48)7-8-32(41)49;1-5-30-11-12-32-14-19(28)26-22-20-21(16-9-7-8-10-17(16)24-22)27(15-23(3,4)29)18(25-20)13-31-6-2;1-4-23-9-13-20-14-15(21(13)10-17(2,3)22)11-7-5-6-8-12(11)19-16(14)18;1-2/h1-24H2;7-10,29H,5-6,11-15H2,1-4H3,(H,24,26,28);5-8,22H,4,9-10H2,1-3H3,(H2,18,19);1-2H3/i;;;1D. The van der Waals surface area contributed by atoms with Gasteiger partial charge < -0.3 is 107 Å². The number of fused-ring (bicyclic) bond motifs is 6. The number of para-hydroxylation sites is 2. The molecule has 670 valence electrons. The normalized spacial score (nSPS) is 14.6. The van der Waals surface area contributed by atoms with Crippen LogP contribution < -0.4 is 11.1 Å². The van der Waals surface area contributed by atoms with Gasteiger partial charge in [0.15, 0.2) is 11.6 Å². The van der Waals surface area contributed by atoms with Crippen molar-refractivity contribution in [2.45, 2.75) is 151 Å². The van der Waals surface area contributed by atoms with E-state index in [1.807, 2.05) is 78.4 Å². The summed E-state index contributed by atoms with van der Waals surface area (Å²) in [5.74, 6) is -7.53. The molecule has 0 atom stereocenters. The van der Waals surface area contributed by atoms with Crippen molar-refractivity contribution >= 4 is 133 Å². The fraction of sp³-hybridized carbons (Fsp3) is 0.582. The van der Waals surface area contributed by atoms with Crippen LogP contribution in [0.15, 0.2) is 48.5 Å². The van der Waals surface area contributed by atoms with Crippen LogP contribution in [0.1, 0.15) is 127 Å². The average Bonchev–Trinajstić information content (AvgIpc) is 1.62. The molecular weight excluding hydrogens is 1610 g/mol. The second-order valence-electron chi connectivity index (χ2n) is 28.4. The van der Waals surface area contributed by atoms with Gasteiger partial charge >= 0.3 is 23.9 Å². The maximum Gasteiger partial charge on any atom is 0.358 e. The van der Waals surface area contributed by atoms with Gasteiger partial charge in [-0.15, -0.1) is 20.3 Å². The van der Waals surface area contributed by atoms with Crippen LogP contribution in [-0.2, 0) is 165 Å². The first-order chi connectivity index (χ1) is 58.8. The monoisotopic (exact) mass is 1720 g/mol. The van der Waals surface area contributed by atoms with Gasteiger partial charge in [0.1, 0.15) is 68.9 Å². The van der Waals surface area contributed by atoms with Gasteiger partial charge in [0, 0.05) is 83.3 Å². The molecule has 122 heavy (non-hydrogen) atoms. The first kappa shape index (κ1) is 96.8. The van der Waals surface area contributed by atoms with Crippen molar-refractivity contribution in [1.29, 1.82) is 0 Å². The summed E-state index contributed by atoms with van der Waals surface area (Å²) in [7, 11) is 0. The second-order valence-corrected chi connectivity index (χ2v) is 28.4. The number of hydrogen-bond acceptors (Lipinski definition) is 36. The molecule has 0 aliphatic carbocycles. The van der Waals surface area contributed by atoms with Crippen molar-refractivity contribution in [2.75, 3.05) is 156 Å². The number of carbonyl (C=O) groups excluding carboxylic acids is 13. The minimum absolute atomic E-state index is 0.0910. The van der Waals surface area contributed by atoms with Crippen LogP contribution in [-0.4, -0.2) is 293 Å². The Hall–Kier alpha value is -10.6. The van der Waals surface area contributed by atoms with E-state index in [0.717, 1.165) is 33.1 Å². The Morgan fingerprint density at radius 3 is 1.03 bits per heavy atom. The number of hydrogen-bond donors (Lipinski definition) is 4. The van der Waals surface area contributed by atoms with Crippen molar-refractivity contribution in [1.82, 2.24) is 49.3 Å². The van der Waals surface area contributed by atoms with E-state index in [4.69, 9.17) is 88.3 Å². The molecule has 4 fully saturated rings. The smallest absolute Gasteiger partial charge is 0.358 e. The van der Waals surface area contributed by atoms with Gasteiger partial charge in [0.2, 0.25) is 0 Å². The van der Waals surface area contributed by atoms with Crippen molar-refractivity contribution in [3.8, 4) is 0 Å². The van der Waals surface area contributed by atoms with Crippen molar-refractivity contribution in [3.63, 3.8) is 0 Å². The summed E-state index contributed by atoms with van der Waals surface area (Å²) in [5.41, 5.74) is 7.48. The van der Waals surface area contributed by atoms with E-state index in [-0.39, 0.29) is 150 Å². The summed E-state index contributed by atoms with van der Waals surface area (Å²) in [6.45, 7) is 14.4. The first-order valence-electron chi connectivity index (χ1n) is 40.1. The lowest BCUT2D eigenvalue weighted by Gasteiger charge is -2.33. The summed E-state index contributed by atoms with van der Waals surface area (Å²) >= 11 is 0. The number of nitrogens with zero attached hydrogens (tertiary/aromatic N) is 10. The maximum atomic E-state index is 12.5. The van der Waals surface area contributed by atoms with Gasteiger partial charge in [-0.25, -0.2) is 39.1 Å². The molecule has 8 heterocycles. The maximum absolute atomic E-state index is 12.5. The number of hydroxylamine groups is 8. The van der Waals surface area contributed by atoms with E-state index >= 15 is 0 Å². The minimum Gasteiger partial charge on any atom is -0.389 e. The van der Waals surface area contributed by atoms with E-state index in [2.05, 4.69) is 20.3 Å². The molecule has 0 radical (unpaired) electrons.